The van der Waals surface area contributed by atoms with Gasteiger partial charge in [0.2, 0.25) is 5.91 Å². The molecule has 0 radical (unpaired) electrons. The zero-order valence-corrected chi connectivity index (χ0v) is 24.4. The van der Waals surface area contributed by atoms with Crippen molar-refractivity contribution in [2.45, 2.75) is 84.7 Å². The highest BCUT2D eigenvalue weighted by atomic mass is 16.5. The summed E-state index contributed by atoms with van der Waals surface area (Å²) < 4.78 is 5.16. The van der Waals surface area contributed by atoms with Gasteiger partial charge in [-0.15, -0.1) is 0 Å². The molecule has 6 rings (SSSR count). The molecular formula is C34H44N2O3. The zero-order chi connectivity index (χ0) is 28.1. The molecule has 1 amide bonds. The number of hydrogen-bond donors (Lipinski definition) is 0. The number of amides is 1. The summed E-state index contributed by atoms with van der Waals surface area (Å²) in [7, 11) is 0. The predicted molar refractivity (Wildman–Crippen MR) is 160 cm³/mol. The number of piperidine rings is 1. The molecule has 3 aromatic carbocycles. The average molecular weight is 529 g/mol. The van der Waals surface area contributed by atoms with Gasteiger partial charge >= 0.3 is 5.97 Å². The maximum Gasteiger partial charge on any atom is 0.306 e. The Bertz CT molecular complexity index is 1290. The van der Waals surface area contributed by atoms with Crippen LogP contribution in [0.4, 0.5) is 5.69 Å². The molecule has 3 aliphatic rings. The predicted octanol–water partition coefficient (Wildman–Crippen LogP) is 7.60. The number of para-hydroxylation sites is 1. The van der Waals surface area contributed by atoms with E-state index in [4.69, 9.17) is 4.74 Å². The van der Waals surface area contributed by atoms with E-state index in [1.165, 1.54) is 21.9 Å². The molecular weight excluding hydrogens is 484 g/mol. The first-order valence-electron chi connectivity index (χ1n) is 14.9. The van der Waals surface area contributed by atoms with Crippen LogP contribution in [-0.2, 0) is 14.3 Å². The molecule has 5 nitrogen and oxygen atoms in total. The van der Waals surface area contributed by atoms with Gasteiger partial charge in [0.1, 0.15) is 0 Å². The molecule has 3 atom stereocenters. The molecule has 5 heteroatoms. The minimum absolute atomic E-state index is 0.0455. The summed E-state index contributed by atoms with van der Waals surface area (Å²) in [4.78, 5) is 30.4. The van der Waals surface area contributed by atoms with Crippen LogP contribution >= 0.6 is 0 Å². The molecule has 0 spiro atoms. The Balaban J connectivity index is 0.000000845. The smallest absolute Gasteiger partial charge is 0.306 e. The number of rotatable bonds is 5. The molecule has 0 bridgehead atoms. The summed E-state index contributed by atoms with van der Waals surface area (Å²) in [5.41, 5.74) is 4.83. The van der Waals surface area contributed by atoms with Gasteiger partial charge < -0.3 is 9.64 Å². The van der Waals surface area contributed by atoms with Crippen LogP contribution in [0.3, 0.4) is 0 Å². The number of fused-ring (bicyclic) bond motifs is 1. The lowest BCUT2D eigenvalue weighted by molar-refractivity contribution is -0.144. The Morgan fingerprint density at radius 2 is 1.49 bits per heavy atom. The molecule has 1 saturated heterocycles. The quantitative estimate of drug-likeness (QED) is 0.320. The van der Waals surface area contributed by atoms with Gasteiger partial charge in [-0.1, -0.05) is 89.2 Å². The first-order chi connectivity index (χ1) is 19.1. The topological polar surface area (TPSA) is 49.9 Å². The van der Waals surface area contributed by atoms with E-state index < -0.39 is 5.92 Å². The molecule has 2 aliphatic heterocycles. The van der Waals surface area contributed by atoms with Crippen molar-refractivity contribution in [1.82, 2.24) is 4.90 Å². The maximum atomic E-state index is 13.6. The standard InChI is InChI=1S/C30H32N2O3.2C2H6/c1-3-35-27(33)18-25-23-10-4-5-13-26(23)32(30(25)34)21-14-16-31(17-15-21)29-19(2)22-11-6-8-20-9-7-12-24(29)28(20)22;2*1-2/h4-13,19,21,25,29H,3,14-18H2,1-2H3;2*1-2H3/t19-,25?,29?;;/m1../s1. The molecule has 3 aromatic rings. The molecule has 39 heavy (non-hydrogen) atoms. The van der Waals surface area contributed by atoms with Crippen LogP contribution in [0.15, 0.2) is 60.7 Å². The van der Waals surface area contributed by atoms with Crippen molar-refractivity contribution in [1.29, 1.82) is 0 Å². The second-order valence-electron chi connectivity index (χ2n) is 10.1. The number of carbonyl (C=O) groups is 2. The molecule has 2 heterocycles. The Morgan fingerprint density at radius 3 is 2.15 bits per heavy atom. The SMILES string of the molecule is CC.CC.CCOC(=O)CC1C(=O)N(C2CCN(C3c4cccc5cccc(c45)[C@H]3C)CC2)c2ccccc21. The van der Waals surface area contributed by atoms with E-state index in [0.717, 1.165) is 37.2 Å². The number of esters is 1. The van der Waals surface area contributed by atoms with Crippen LogP contribution in [0, 0.1) is 0 Å². The van der Waals surface area contributed by atoms with E-state index in [-0.39, 0.29) is 24.3 Å². The Kier molecular flexibility index (Phi) is 9.45. The van der Waals surface area contributed by atoms with Crippen LogP contribution in [0.1, 0.15) is 95.4 Å². The van der Waals surface area contributed by atoms with Crippen LogP contribution in [0.25, 0.3) is 10.8 Å². The number of nitrogens with zero attached hydrogens (tertiary/aromatic N) is 2. The number of hydrogen-bond acceptors (Lipinski definition) is 4. The van der Waals surface area contributed by atoms with Gasteiger partial charge in [0.05, 0.1) is 18.9 Å². The summed E-state index contributed by atoms with van der Waals surface area (Å²) in [5, 5.41) is 2.76. The molecule has 0 aromatic heterocycles. The van der Waals surface area contributed by atoms with Crippen molar-refractivity contribution >= 4 is 28.3 Å². The largest absolute Gasteiger partial charge is 0.466 e. The Hall–Kier alpha value is -3.18. The van der Waals surface area contributed by atoms with Crippen LogP contribution in [-0.4, -0.2) is 42.5 Å². The Labute approximate surface area is 234 Å². The van der Waals surface area contributed by atoms with Crippen LogP contribution in [0.5, 0.6) is 0 Å². The molecule has 1 fully saturated rings. The van der Waals surface area contributed by atoms with Gasteiger partial charge in [-0.05, 0) is 53.3 Å². The van der Waals surface area contributed by atoms with E-state index >= 15 is 0 Å². The van der Waals surface area contributed by atoms with Gasteiger partial charge in [-0.2, -0.15) is 0 Å². The van der Waals surface area contributed by atoms with Gasteiger partial charge in [-0.25, -0.2) is 0 Å². The molecule has 208 valence electrons. The summed E-state index contributed by atoms with van der Waals surface area (Å²) in [6, 6.07) is 21.9. The second-order valence-corrected chi connectivity index (χ2v) is 10.1. The zero-order valence-electron chi connectivity index (χ0n) is 24.4. The fourth-order valence-corrected chi connectivity index (χ4v) is 6.78. The highest BCUT2D eigenvalue weighted by molar-refractivity contribution is 6.07. The summed E-state index contributed by atoms with van der Waals surface area (Å²) in [5.74, 6) is -0.244. The number of likely N-dealkylation sites (tertiary alicyclic amines) is 1. The molecule has 2 unspecified atom stereocenters. The lowest BCUT2D eigenvalue weighted by Crippen LogP contribution is -2.48. The van der Waals surface area contributed by atoms with Crippen molar-refractivity contribution < 1.29 is 14.3 Å². The molecule has 1 aliphatic carbocycles. The second kappa shape index (κ2) is 12.8. The average Bonchev–Trinajstić information content (AvgIpc) is 3.43. The van der Waals surface area contributed by atoms with E-state index in [2.05, 4.69) is 48.2 Å². The highest BCUT2D eigenvalue weighted by Gasteiger charge is 2.44. The highest BCUT2D eigenvalue weighted by Crippen LogP contribution is 2.49. The van der Waals surface area contributed by atoms with E-state index in [1.54, 1.807) is 6.92 Å². The van der Waals surface area contributed by atoms with Gasteiger partial charge in [0.15, 0.2) is 0 Å². The van der Waals surface area contributed by atoms with Crippen LogP contribution in [0.2, 0.25) is 0 Å². The summed E-state index contributed by atoms with van der Waals surface area (Å²) in [6.45, 7) is 14.4. The third kappa shape index (κ3) is 5.21. The monoisotopic (exact) mass is 528 g/mol. The molecule has 0 saturated carbocycles. The summed E-state index contributed by atoms with van der Waals surface area (Å²) in [6.07, 6.45) is 1.98. The van der Waals surface area contributed by atoms with Crippen molar-refractivity contribution in [3.63, 3.8) is 0 Å². The lowest BCUT2D eigenvalue weighted by atomic mass is 9.93. The van der Waals surface area contributed by atoms with Crippen LogP contribution < -0.4 is 4.90 Å². The maximum absolute atomic E-state index is 13.6. The lowest BCUT2D eigenvalue weighted by Gasteiger charge is -2.41. The third-order valence-corrected chi connectivity index (χ3v) is 8.29. The van der Waals surface area contributed by atoms with E-state index in [1.807, 2.05) is 56.9 Å². The first kappa shape index (κ1) is 28.8. The normalized spacial score (nSPS) is 22.1. The minimum Gasteiger partial charge on any atom is -0.466 e. The van der Waals surface area contributed by atoms with Gasteiger partial charge in [0.25, 0.3) is 0 Å². The van der Waals surface area contributed by atoms with Gasteiger partial charge in [-0.3, -0.25) is 14.5 Å². The third-order valence-electron chi connectivity index (χ3n) is 8.29. The molecule has 0 N–H and O–H groups in total. The van der Waals surface area contributed by atoms with Crippen molar-refractivity contribution in [3.8, 4) is 0 Å². The van der Waals surface area contributed by atoms with Crippen molar-refractivity contribution in [3.05, 3.63) is 77.4 Å². The van der Waals surface area contributed by atoms with E-state index in [0.29, 0.717) is 18.6 Å². The first-order valence-corrected chi connectivity index (χ1v) is 14.9. The number of benzene rings is 3. The minimum atomic E-state index is -0.440. The summed E-state index contributed by atoms with van der Waals surface area (Å²) >= 11 is 0. The number of carbonyl (C=O) groups excluding carboxylic acids is 2. The van der Waals surface area contributed by atoms with Gasteiger partial charge in [0, 0.05) is 36.8 Å². The Morgan fingerprint density at radius 1 is 0.872 bits per heavy atom. The van der Waals surface area contributed by atoms with Crippen molar-refractivity contribution in [2.24, 2.45) is 0 Å². The fourth-order valence-electron chi connectivity index (χ4n) is 6.78. The number of anilines is 1. The number of ether oxygens (including phenoxy) is 1. The fraction of sp³-hybridized carbons (Fsp3) is 0.471. The van der Waals surface area contributed by atoms with Crippen molar-refractivity contribution in [2.75, 3.05) is 24.6 Å². The van der Waals surface area contributed by atoms with E-state index in [9.17, 15) is 9.59 Å².